The second kappa shape index (κ2) is 6.50. The van der Waals surface area contributed by atoms with E-state index in [1.54, 1.807) is 42.5 Å². The van der Waals surface area contributed by atoms with Gasteiger partial charge in [-0.2, -0.15) is 5.26 Å². The number of aliphatic carboxylic acids is 1. The maximum atomic E-state index is 11.7. The molecule has 2 aromatic rings. The second-order valence-electron chi connectivity index (χ2n) is 4.90. The van der Waals surface area contributed by atoms with Gasteiger partial charge in [0.2, 0.25) is 10.0 Å². The molecule has 23 heavy (non-hydrogen) atoms. The zero-order chi connectivity index (χ0) is 17.0. The normalized spacial score (nSPS) is 10.8. The fourth-order valence-corrected chi connectivity index (χ4v) is 2.96. The molecule has 0 atom stereocenters. The molecule has 0 bridgehead atoms. The monoisotopic (exact) mass is 330 g/mol. The molecule has 0 heterocycles. The van der Waals surface area contributed by atoms with Gasteiger partial charge >= 0.3 is 5.97 Å². The number of rotatable bonds is 5. The third kappa shape index (κ3) is 4.08. The SMILES string of the molecule is CS(=O)(=O)N(CC(=O)O)c1ccc(-c2cccc(C#N)c2)cc1. The van der Waals surface area contributed by atoms with E-state index < -0.39 is 22.5 Å². The number of hydrogen-bond acceptors (Lipinski definition) is 4. The molecule has 6 nitrogen and oxygen atoms in total. The Morgan fingerprint density at radius 3 is 2.35 bits per heavy atom. The minimum absolute atomic E-state index is 0.273. The molecule has 0 spiro atoms. The van der Waals surface area contributed by atoms with Crippen molar-refractivity contribution in [3.05, 3.63) is 54.1 Å². The number of hydrogen-bond donors (Lipinski definition) is 1. The minimum Gasteiger partial charge on any atom is -0.480 e. The number of carbonyl (C=O) groups is 1. The molecule has 0 radical (unpaired) electrons. The molecule has 118 valence electrons. The van der Waals surface area contributed by atoms with Crippen LogP contribution in [0.3, 0.4) is 0 Å². The average Bonchev–Trinajstić information content (AvgIpc) is 2.52. The minimum atomic E-state index is -3.69. The van der Waals surface area contributed by atoms with Crippen molar-refractivity contribution >= 4 is 21.7 Å². The highest BCUT2D eigenvalue weighted by Crippen LogP contribution is 2.25. The van der Waals surface area contributed by atoms with Gasteiger partial charge in [0.1, 0.15) is 6.54 Å². The van der Waals surface area contributed by atoms with Crippen LogP contribution in [0, 0.1) is 11.3 Å². The Balaban J connectivity index is 2.37. The van der Waals surface area contributed by atoms with E-state index in [0.717, 1.165) is 21.7 Å². The Hall–Kier alpha value is -2.85. The van der Waals surface area contributed by atoms with Crippen LogP contribution in [0.15, 0.2) is 48.5 Å². The lowest BCUT2D eigenvalue weighted by atomic mass is 10.0. The van der Waals surface area contributed by atoms with Crippen molar-refractivity contribution in [2.45, 2.75) is 0 Å². The molecule has 7 heteroatoms. The number of benzene rings is 2. The molecule has 0 aliphatic carbocycles. The smallest absolute Gasteiger partial charge is 0.324 e. The van der Waals surface area contributed by atoms with Gasteiger partial charge in [-0.15, -0.1) is 0 Å². The summed E-state index contributed by atoms with van der Waals surface area (Å²) in [5.41, 5.74) is 2.42. The molecular weight excluding hydrogens is 316 g/mol. The van der Waals surface area contributed by atoms with E-state index in [-0.39, 0.29) is 5.69 Å². The van der Waals surface area contributed by atoms with Crippen molar-refractivity contribution in [2.75, 3.05) is 17.1 Å². The van der Waals surface area contributed by atoms with Crippen LogP contribution < -0.4 is 4.31 Å². The first-order chi connectivity index (χ1) is 10.8. The Morgan fingerprint density at radius 1 is 1.17 bits per heavy atom. The Kier molecular flexibility index (Phi) is 4.67. The van der Waals surface area contributed by atoms with Crippen LogP contribution in [-0.4, -0.2) is 32.3 Å². The Labute approximate surface area is 134 Å². The fraction of sp³-hybridized carbons (Fsp3) is 0.125. The third-order valence-corrected chi connectivity index (χ3v) is 4.30. The molecule has 0 saturated carbocycles. The summed E-state index contributed by atoms with van der Waals surface area (Å²) in [7, 11) is -3.69. The van der Waals surface area contributed by atoms with Crippen molar-refractivity contribution < 1.29 is 18.3 Å². The summed E-state index contributed by atoms with van der Waals surface area (Å²) in [5.74, 6) is -1.23. The van der Waals surface area contributed by atoms with E-state index in [1.807, 2.05) is 6.07 Å². The van der Waals surface area contributed by atoms with Crippen molar-refractivity contribution in [3.63, 3.8) is 0 Å². The van der Waals surface area contributed by atoms with Crippen LogP contribution >= 0.6 is 0 Å². The van der Waals surface area contributed by atoms with Gasteiger partial charge in [0.15, 0.2) is 0 Å². The van der Waals surface area contributed by atoms with E-state index in [2.05, 4.69) is 6.07 Å². The summed E-state index contributed by atoms with van der Waals surface area (Å²) >= 11 is 0. The van der Waals surface area contributed by atoms with Gasteiger partial charge in [-0.1, -0.05) is 24.3 Å². The number of carboxylic acid groups (broad SMARTS) is 1. The molecule has 2 aromatic carbocycles. The topological polar surface area (TPSA) is 98.5 Å². The first-order valence-corrected chi connectivity index (χ1v) is 8.46. The first kappa shape index (κ1) is 16.5. The van der Waals surface area contributed by atoms with Crippen molar-refractivity contribution in [3.8, 4) is 17.2 Å². The average molecular weight is 330 g/mol. The zero-order valence-electron chi connectivity index (χ0n) is 12.3. The van der Waals surface area contributed by atoms with E-state index in [0.29, 0.717) is 5.56 Å². The van der Waals surface area contributed by atoms with Gasteiger partial charge < -0.3 is 5.11 Å². The molecule has 0 unspecified atom stereocenters. The third-order valence-electron chi connectivity index (χ3n) is 3.16. The van der Waals surface area contributed by atoms with Crippen molar-refractivity contribution in [1.82, 2.24) is 0 Å². The molecule has 2 rings (SSSR count). The van der Waals surface area contributed by atoms with Crippen LogP contribution in [-0.2, 0) is 14.8 Å². The molecule has 0 amide bonds. The lowest BCUT2D eigenvalue weighted by Gasteiger charge is -2.20. The van der Waals surface area contributed by atoms with Crippen LogP contribution in [0.5, 0.6) is 0 Å². The van der Waals surface area contributed by atoms with Gasteiger partial charge in [0.25, 0.3) is 0 Å². The summed E-state index contributed by atoms with van der Waals surface area (Å²) in [4.78, 5) is 10.9. The maximum absolute atomic E-state index is 11.7. The second-order valence-corrected chi connectivity index (χ2v) is 6.81. The molecule has 0 aromatic heterocycles. The molecule has 0 aliphatic rings. The summed E-state index contributed by atoms with van der Waals surface area (Å²) in [6.07, 6.45) is 0.959. The van der Waals surface area contributed by atoms with Gasteiger partial charge in [-0.05, 0) is 35.4 Å². The zero-order valence-corrected chi connectivity index (χ0v) is 13.1. The largest absolute Gasteiger partial charge is 0.480 e. The predicted molar refractivity (Wildman–Crippen MR) is 86.4 cm³/mol. The quantitative estimate of drug-likeness (QED) is 0.905. The molecule has 0 aliphatic heterocycles. The maximum Gasteiger partial charge on any atom is 0.324 e. The van der Waals surface area contributed by atoms with Crippen LogP contribution in [0.1, 0.15) is 5.56 Å². The highest BCUT2D eigenvalue weighted by Gasteiger charge is 2.20. The van der Waals surface area contributed by atoms with Crippen molar-refractivity contribution in [2.24, 2.45) is 0 Å². The lowest BCUT2D eigenvalue weighted by molar-refractivity contribution is -0.135. The number of nitrogens with zero attached hydrogens (tertiary/aromatic N) is 2. The first-order valence-electron chi connectivity index (χ1n) is 6.61. The van der Waals surface area contributed by atoms with Crippen LogP contribution in [0.25, 0.3) is 11.1 Å². The number of nitriles is 1. The molecule has 0 saturated heterocycles. The van der Waals surface area contributed by atoms with Crippen LogP contribution in [0.4, 0.5) is 5.69 Å². The number of sulfonamides is 1. The standard InChI is InChI=1S/C16H14N2O4S/c1-23(21,22)18(11-16(19)20)15-7-5-13(6-8-15)14-4-2-3-12(9-14)10-17/h2-9H,11H2,1H3,(H,19,20). The molecule has 0 fully saturated rings. The molecular formula is C16H14N2O4S. The van der Waals surface area contributed by atoms with E-state index in [4.69, 9.17) is 10.4 Å². The van der Waals surface area contributed by atoms with Gasteiger partial charge in [-0.25, -0.2) is 8.42 Å². The Bertz CT molecular complexity index is 868. The van der Waals surface area contributed by atoms with E-state index in [1.165, 1.54) is 0 Å². The van der Waals surface area contributed by atoms with E-state index >= 15 is 0 Å². The summed E-state index contributed by atoms with van der Waals surface area (Å²) < 4.78 is 24.3. The van der Waals surface area contributed by atoms with Gasteiger partial charge in [-0.3, -0.25) is 9.10 Å². The van der Waals surface area contributed by atoms with Crippen molar-refractivity contribution in [1.29, 1.82) is 5.26 Å². The highest BCUT2D eigenvalue weighted by atomic mass is 32.2. The predicted octanol–water partition coefficient (Wildman–Crippen LogP) is 2.08. The summed E-state index contributed by atoms with van der Waals surface area (Å²) in [5, 5.41) is 17.8. The number of carboxylic acids is 1. The molecule has 1 N–H and O–H groups in total. The highest BCUT2D eigenvalue weighted by molar-refractivity contribution is 7.92. The summed E-state index contributed by atoms with van der Waals surface area (Å²) in [6, 6.07) is 15.5. The lowest BCUT2D eigenvalue weighted by Crippen LogP contribution is -2.34. The Morgan fingerprint density at radius 2 is 1.83 bits per heavy atom. The van der Waals surface area contributed by atoms with E-state index in [9.17, 15) is 13.2 Å². The number of anilines is 1. The fourth-order valence-electron chi connectivity index (χ4n) is 2.11. The van der Waals surface area contributed by atoms with Crippen LogP contribution in [0.2, 0.25) is 0 Å². The van der Waals surface area contributed by atoms with Gasteiger partial charge in [0, 0.05) is 0 Å². The van der Waals surface area contributed by atoms with Gasteiger partial charge in [0.05, 0.1) is 23.6 Å². The summed E-state index contributed by atoms with van der Waals surface area (Å²) in [6.45, 7) is -0.637.